The molecule has 0 saturated heterocycles. The molecule has 21 heavy (non-hydrogen) atoms. The van der Waals surface area contributed by atoms with Gasteiger partial charge in [0.1, 0.15) is 17.8 Å². The summed E-state index contributed by atoms with van der Waals surface area (Å²) in [6.07, 6.45) is 5.20. The van der Waals surface area contributed by atoms with Crippen molar-refractivity contribution in [3.05, 3.63) is 48.5 Å². The van der Waals surface area contributed by atoms with Gasteiger partial charge in [-0.1, -0.05) is 0 Å². The number of rotatable bonds is 3. The molecule has 1 aromatic carbocycles. The Morgan fingerprint density at radius 3 is 2.76 bits per heavy atom. The van der Waals surface area contributed by atoms with Crippen molar-refractivity contribution in [1.29, 1.82) is 0 Å². The van der Waals surface area contributed by atoms with Crippen LogP contribution < -0.4 is 0 Å². The van der Waals surface area contributed by atoms with Gasteiger partial charge in [0.15, 0.2) is 0 Å². The Labute approximate surface area is 122 Å². The number of benzene rings is 1. The molecule has 0 fully saturated rings. The molecule has 2 aromatic heterocycles. The predicted molar refractivity (Wildman–Crippen MR) is 80.8 cm³/mol. The van der Waals surface area contributed by atoms with E-state index in [4.69, 9.17) is 0 Å². The summed E-state index contributed by atoms with van der Waals surface area (Å²) in [4.78, 5) is 8.25. The van der Waals surface area contributed by atoms with Crippen LogP contribution in [0.4, 0.5) is 0 Å². The molecule has 0 spiro atoms. The standard InChI is InChI=1S/C16H16N4O/c1-3-20-9-14(15-4-5-17-10-18-15)16(19-20)12-6-11(2)7-13(21)8-12/h4-10,21H,3H2,1-2H3. The summed E-state index contributed by atoms with van der Waals surface area (Å²) in [7, 11) is 0. The molecule has 5 nitrogen and oxygen atoms in total. The van der Waals surface area contributed by atoms with Gasteiger partial charge in [0.05, 0.1) is 5.69 Å². The average Bonchev–Trinajstić information content (AvgIpc) is 2.91. The Kier molecular flexibility index (Phi) is 3.39. The normalized spacial score (nSPS) is 10.8. The Morgan fingerprint density at radius 1 is 1.24 bits per heavy atom. The van der Waals surface area contributed by atoms with Crippen LogP contribution in [0.3, 0.4) is 0 Å². The van der Waals surface area contributed by atoms with Gasteiger partial charge >= 0.3 is 0 Å². The first-order chi connectivity index (χ1) is 10.2. The van der Waals surface area contributed by atoms with Crippen molar-refractivity contribution in [2.75, 3.05) is 0 Å². The van der Waals surface area contributed by atoms with E-state index in [1.54, 1.807) is 18.3 Å². The fourth-order valence-electron chi connectivity index (χ4n) is 2.33. The molecule has 3 rings (SSSR count). The molecule has 2 heterocycles. The zero-order valence-electron chi connectivity index (χ0n) is 12.0. The van der Waals surface area contributed by atoms with Crippen molar-refractivity contribution < 1.29 is 5.11 Å². The fourth-order valence-corrected chi connectivity index (χ4v) is 2.33. The third-order valence-electron chi connectivity index (χ3n) is 3.28. The summed E-state index contributed by atoms with van der Waals surface area (Å²) in [6, 6.07) is 7.31. The van der Waals surface area contributed by atoms with E-state index in [2.05, 4.69) is 15.1 Å². The summed E-state index contributed by atoms with van der Waals surface area (Å²) in [5.41, 5.74) is 4.44. The maximum atomic E-state index is 9.82. The molecule has 0 radical (unpaired) electrons. The third-order valence-corrected chi connectivity index (χ3v) is 3.28. The van der Waals surface area contributed by atoms with Gasteiger partial charge in [-0.25, -0.2) is 9.97 Å². The Morgan fingerprint density at radius 2 is 2.10 bits per heavy atom. The minimum Gasteiger partial charge on any atom is -0.508 e. The quantitative estimate of drug-likeness (QED) is 0.801. The highest BCUT2D eigenvalue weighted by Gasteiger charge is 2.14. The lowest BCUT2D eigenvalue weighted by Gasteiger charge is -2.04. The second-order valence-electron chi connectivity index (χ2n) is 4.90. The Bertz CT molecular complexity index is 745. The highest BCUT2D eigenvalue weighted by atomic mass is 16.3. The van der Waals surface area contributed by atoms with Crippen molar-refractivity contribution in [1.82, 2.24) is 19.7 Å². The summed E-state index contributed by atoms with van der Waals surface area (Å²) < 4.78 is 1.87. The van der Waals surface area contributed by atoms with Gasteiger partial charge < -0.3 is 5.11 Å². The van der Waals surface area contributed by atoms with Crippen LogP contribution >= 0.6 is 0 Å². The minimum atomic E-state index is 0.240. The van der Waals surface area contributed by atoms with Crippen molar-refractivity contribution in [3.8, 4) is 28.3 Å². The molecular formula is C16H16N4O. The molecule has 0 aliphatic rings. The van der Waals surface area contributed by atoms with Crippen LogP contribution in [-0.2, 0) is 6.54 Å². The third kappa shape index (κ3) is 2.63. The molecule has 0 aliphatic carbocycles. The highest BCUT2D eigenvalue weighted by Crippen LogP contribution is 2.32. The summed E-state index contributed by atoms with van der Waals surface area (Å²) in [5, 5.41) is 14.4. The van der Waals surface area contributed by atoms with E-state index in [0.29, 0.717) is 0 Å². The molecular weight excluding hydrogens is 264 g/mol. The van der Waals surface area contributed by atoms with E-state index < -0.39 is 0 Å². The molecule has 0 amide bonds. The smallest absolute Gasteiger partial charge is 0.116 e. The zero-order chi connectivity index (χ0) is 14.8. The monoisotopic (exact) mass is 280 g/mol. The molecule has 0 saturated carbocycles. The molecule has 5 heteroatoms. The first kappa shape index (κ1) is 13.3. The van der Waals surface area contributed by atoms with Crippen LogP contribution in [0.5, 0.6) is 5.75 Å². The van der Waals surface area contributed by atoms with Gasteiger partial charge in [0.25, 0.3) is 0 Å². The SMILES string of the molecule is CCn1cc(-c2ccncn2)c(-c2cc(C)cc(O)c2)n1. The van der Waals surface area contributed by atoms with E-state index in [1.165, 1.54) is 6.33 Å². The van der Waals surface area contributed by atoms with Crippen LogP contribution in [0.15, 0.2) is 43.0 Å². The first-order valence-electron chi connectivity index (χ1n) is 6.82. The van der Waals surface area contributed by atoms with Gasteiger partial charge in [-0.2, -0.15) is 5.10 Å². The topological polar surface area (TPSA) is 63.8 Å². The lowest BCUT2D eigenvalue weighted by atomic mass is 10.0. The van der Waals surface area contributed by atoms with Crippen LogP contribution in [0.2, 0.25) is 0 Å². The Hall–Kier alpha value is -2.69. The molecule has 0 bridgehead atoms. The number of phenols is 1. The van der Waals surface area contributed by atoms with Crippen molar-refractivity contribution in [3.63, 3.8) is 0 Å². The van der Waals surface area contributed by atoms with Crippen LogP contribution in [0.25, 0.3) is 22.5 Å². The molecule has 106 valence electrons. The van der Waals surface area contributed by atoms with E-state index in [-0.39, 0.29) is 5.75 Å². The van der Waals surface area contributed by atoms with Crippen LogP contribution in [0.1, 0.15) is 12.5 Å². The largest absolute Gasteiger partial charge is 0.508 e. The van der Waals surface area contributed by atoms with E-state index in [1.807, 2.05) is 36.9 Å². The predicted octanol–water partition coefficient (Wildman–Crippen LogP) is 3.04. The number of aryl methyl sites for hydroxylation is 2. The lowest BCUT2D eigenvalue weighted by molar-refractivity contribution is 0.475. The second-order valence-corrected chi connectivity index (χ2v) is 4.90. The number of hydrogen-bond acceptors (Lipinski definition) is 4. The number of nitrogens with zero attached hydrogens (tertiary/aromatic N) is 4. The second kappa shape index (κ2) is 5.36. The maximum Gasteiger partial charge on any atom is 0.116 e. The van der Waals surface area contributed by atoms with Crippen molar-refractivity contribution in [2.45, 2.75) is 20.4 Å². The van der Waals surface area contributed by atoms with E-state index in [0.717, 1.165) is 34.6 Å². The summed E-state index contributed by atoms with van der Waals surface area (Å²) in [6.45, 7) is 4.76. The number of aromatic nitrogens is 4. The number of phenolic OH excluding ortho intramolecular Hbond substituents is 1. The van der Waals surface area contributed by atoms with E-state index >= 15 is 0 Å². The van der Waals surface area contributed by atoms with Crippen molar-refractivity contribution >= 4 is 0 Å². The minimum absolute atomic E-state index is 0.240. The molecule has 1 N–H and O–H groups in total. The summed E-state index contributed by atoms with van der Waals surface area (Å²) >= 11 is 0. The fraction of sp³-hybridized carbons (Fsp3) is 0.188. The summed E-state index contributed by atoms with van der Waals surface area (Å²) in [5.74, 6) is 0.240. The zero-order valence-corrected chi connectivity index (χ0v) is 12.0. The van der Waals surface area contributed by atoms with Gasteiger partial charge in [-0.15, -0.1) is 0 Å². The van der Waals surface area contributed by atoms with Gasteiger partial charge in [-0.05, 0) is 43.7 Å². The van der Waals surface area contributed by atoms with Gasteiger partial charge in [0.2, 0.25) is 0 Å². The Balaban J connectivity index is 2.20. The van der Waals surface area contributed by atoms with Crippen LogP contribution in [0, 0.1) is 6.92 Å². The number of hydrogen-bond donors (Lipinski definition) is 1. The van der Waals surface area contributed by atoms with Crippen LogP contribution in [-0.4, -0.2) is 24.9 Å². The highest BCUT2D eigenvalue weighted by molar-refractivity contribution is 5.79. The maximum absolute atomic E-state index is 9.82. The number of aromatic hydroxyl groups is 1. The average molecular weight is 280 g/mol. The lowest BCUT2D eigenvalue weighted by Crippen LogP contribution is -1.93. The first-order valence-corrected chi connectivity index (χ1v) is 6.82. The molecule has 0 atom stereocenters. The molecule has 3 aromatic rings. The van der Waals surface area contributed by atoms with Gasteiger partial charge in [-0.3, -0.25) is 4.68 Å². The van der Waals surface area contributed by atoms with Gasteiger partial charge in [0, 0.05) is 30.1 Å². The van der Waals surface area contributed by atoms with E-state index in [9.17, 15) is 5.11 Å². The molecule has 0 unspecified atom stereocenters. The molecule has 0 aliphatic heterocycles. The van der Waals surface area contributed by atoms with Crippen molar-refractivity contribution in [2.24, 2.45) is 0 Å².